The van der Waals surface area contributed by atoms with Gasteiger partial charge in [-0.3, -0.25) is 0 Å². The van der Waals surface area contributed by atoms with Crippen LogP contribution in [0.25, 0.3) is 10.8 Å². The van der Waals surface area contributed by atoms with Crippen LogP contribution in [0.1, 0.15) is 13.3 Å². The summed E-state index contributed by atoms with van der Waals surface area (Å²) in [4.78, 5) is 0. The second kappa shape index (κ2) is 4.35. The van der Waals surface area contributed by atoms with Crippen LogP contribution in [0.2, 0.25) is 0 Å². The van der Waals surface area contributed by atoms with Crippen molar-refractivity contribution in [1.29, 1.82) is 0 Å². The molecule has 0 aliphatic rings. The lowest BCUT2D eigenvalue weighted by molar-refractivity contribution is 0.227. The number of fused-ring (bicyclic) bond motifs is 1. The Morgan fingerprint density at radius 2 is 1.87 bits per heavy atom. The minimum Gasteiger partial charge on any atom is -0.490 e. The molecule has 0 aliphatic heterocycles. The van der Waals surface area contributed by atoms with Crippen molar-refractivity contribution in [2.75, 3.05) is 0 Å². The first-order valence-corrected chi connectivity index (χ1v) is 5.25. The molecule has 2 aromatic carbocycles. The van der Waals surface area contributed by atoms with Gasteiger partial charge >= 0.3 is 0 Å². The Labute approximate surface area is 90.7 Å². The fourth-order valence-corrected chi connectivity index (χ4v) is 1.57. The lowest BCUT2D eigenvalue weighted by atomic mass is 10.1. The van der Waals surface area contributed by atoms with E-state index in [1.807, 2.05) is 31.2 Å². The first-order valence-electron chi connectivity index (χ1n) is 5.25. The number of rotatable bonds is 3. The number of benzene rings is 2. The van der Waals surface area contributed by atoms with Gasteiger partial charge in [0.2, 0.25) is 0 Å². The molecule has 77 valence electrons. The van der Waals surface area contributed by atoms with Crippen molar-refractivity contribution < 1.29 is 4.74 Å². The molecular weight excluding hydrogens is 184 g/mol. The van der Waals surface area contributed by atoms with E-state index in [2.05, 4.69) is 25.1 Å². The zero-order valence-electron chi connectivity index (χ0n) is 8.94. The Balaban J connectivity index is 2.42. The van der Waals surface area contributed by atoms with E-state index in [4.69, 9.17) is 4.74 Å². The molecule has 0 saturated heterocycles. The molecule has 2 aromatic rings. The average Bonchev–Trinajstić information content (AvgIpc) is 2.29. The molecular formula is C14H15O. The second-order valence-electron chi connectivity index (χ2n) is 3.69. The van der Waals surface area contributed by atoms with Gasteiger partial charge in [0.15, 0.2) is 0 Å². The van der Waals surface area contributed by atoms with Gasteiger partial charge in [-0.15, -0.1) is 0 Å². The molecule has 0 fully saturated rings. The van der Waals surface area contributed by atoms with Crippen molar-refractivity contribution in [3.05, 3.63) is 49.4 Å². The van der Waals surface area contributed by atoms with E-state index in [1.165, 1.54) is 10.8 Å². The second-order valence-corrected chi connectivity index (χ2v) is 3.69. The van der Waals surface area contributed by atoms with E-state index in [-0.39, 0.29) is 6.10 Å². The zero-order valence-corrected chi connectivity index (χ0v) is 8.94. The summed E-state index contributed by atoms with van der Waals surface area (Å²) in [7, 11) is 0. The molecule has 2 rings (SSSR count). The first kappa shape index (κ1) is 10.0. The van der Waals surface area contributed by atoms with Gasteiger partial charge in [0, 0.05) is 5.39 Å². The van der Waals surface area contributed by atoms with Gasteiger partial charge in [-0.2, -0.15) is 0 Å². The minimum atomic E-state index is 0.163. The molecule has 0 amide bonds. The predicted molar refractivity (Wildman–Crippen MR) is 64.0 cm³/mol. The summed E-state index contributed by atoms with van der Waals surface area (Å²) in [6.45, 7) is 5.87. The topological polar surface area (TPSA) is 9.23 Å². The molecule has 1 radical (unpaired) electrons. The maximum absolute atomic E-state index is 5.81. The van der Waals surface area contributed by atoms with E-state index in [1.54, 1.807) is 0 Å². The van der Waals surface area contributed by atoms with Crippen molar-refractivity contribution in [3.8, 4) is 5.75 Å². The third-order valence-corrected chi connectivity index (χ3v) is 2.48. The summed E-state index contributed by atoms with van der Waals surface area (Å²) in [6.07, 6.45) is 0.944. The van der Waals surface area contributed by atoms with Crippen LogP contribution < -0.4 is 4.74 Å². The van der Waals surface area contributed by atoms with E-state index < -0.39 is 0 Å². The highest BCUT2D eigenvalue weighted by molar-refractivity contribution is 5.88. The maximum Gasteiger partial charge on any atom is 0.127 e. The van der Waals surface area contributed by atoms with Crippen LogP contribution in [0.4, 0.5) is 0 Å². The number of ether oxygens (including phenoxy) is 1. The molecule has 0 aromatic heterocycles. The predicted octanol–water partition coefficient (Wildman–Crippen LogP) is 3.83. The van der Waals surface area contributed by atoms with Crippen molar-refractivity contribution in [1.82, 2.24) is 0 Å². The monoisotopic (exact) mass is 199 g/mol. The van der Waals surface area contributed by atoms with Crippen LogP contribution in [0.15, 0.2) is 42.5 Å². The van der Waals surface area contributed by atoms with Crippen molar-refractivity contribution in [2.24, 2.45) is 0 Å². The summed E-state index contributed by atoms with van der Waals surface area (Å²) >= 11 is 0. The molecule has 1 heteroatoms. The fraction of sp³-hybridized carbons (Fsp3) is 0.214. The SMILES string of the molecule is [CH2]CC(C)Oc1cccc2ccccc12. The van der Waals surface area contributed by atoms with Crippen molar-refractivity contribution in [3.63, 3.8) is 0 Å². The van der Waals surface area contributed by atoms with Gasteiger partial charge in [-0.1, -0.05) is 36.4 Å². The van der Waals surface area contributed by atoms with Gasteiger partial charge < -0.3 is 4.74 Å². The van der Waals surface area contributed by atoms with Crippen molar-refractivity contribution in [2.45, 2.75) is 19.4 Å². The molecule has 1 unspecified atom stereocenters. The Hall–Kier alpha value is -1.50. The van der Waals surface area contributed by atoms with E-state index >= 15 is 0 Å². The van der Waals surface area contributed by atoms with Gasteiger partial charge in [0.1, 0.15) is 5.75 Å². The van der Waals surface area contributed by atoms with Gasteiger partial charge in [0.05, 0.1) is 6.10 Å². The first-order chi connectivity index (χ1) is 7.31. The summed E-state index contributed by atoms with van der Waals surface area (Å²) in [5, 5.41) is 2.38. The van der Waals surface area contributed by atoms with E-state index in [0.717, 1.165) is 12.2 Å². The molecule has 0 bridgehead atoms. The molecule has 0 saturated carbocycles. The highest BCUT2D eigenvalue weighted by Crippen LogP contribution is 2.26. The van der Waals surface area contributed by atoms with E-state index in [0.29, 0.717) is 0 Å². The molecule has 1 nitrogen and oxygen atoms in total. The van der Waals surface area contributed by atoms with Crippen LogP contribution in [0.3, 0.4) is 0 Å². The lowest BCUT2D eigenvalue weighted by Gasteiger charge is -2.14. The smallest absolute Gasteiger partial charge is 0.127 e. The third kappa shape index (κ3) is 2.12. The molecule has 0 aliphatic carbocycles. The van der Waals surface area contributed by atoms with Gasteiger partial charge in [0.25, 0.3) is 0 Å². The Morgan fingerprint density at radius 3 is 2.67 bits per heavy atom. The standard InChI is InChI=1S/C14H15O/c1-3-11(2)15-14-10-6-8-12-7-4-5-9-13(12)14/h4-11H,1,3H2,2H3. The summed E-state index contributed by atoms with van der Waals surface area (Å²) in [6, 6.07) is 14.4. The Morgan fingerprint density at radius 1 is 1.13 bits per heavy atom. The number of hydrogen-bond donors (Lipinski definition) is 0. The summed E-state index contributed by atoms with van der Waals surface area (Å²) < 4.78 is 5.81. The van der Waals surface area contributed by atoms with Gasteiger partial charge in [-0.05, 0) is 31.7 Å². The van der Waals surface area contributed by atoms with Crippen LogP contribution in [0.5, 0.6) is 5.75 Å². The third-order valence-electron chi connectivity index (χ3n) is 2.48. The maximum atomic E-state index is 5.81. The van der Waals surface area contributed by atoms with E-state index in [9.17, 15) is 0 Å². The Kier molecular flexibility index (Phi) is 2.91. The number of hydrogen-bond acceptors (Lipinski definition) is 1. The average molecular weight is 199 g/mol. The molecule has 0 N–H and O–H groups in total. The highest BCUT2D eigenvalue weighted by atomic mass is 16.5. The van der Waals surface area contributed by atoms with Crippen molar-refractivity contribution >= 4 is 10.8 Å². The van der Waals surface area contributed by atoms with Gasteiger partial charge in [-0.25, -0.2) is 0 Å². The Bertz CT molecular complexity index is 443. The van der Waals surface area contributed by atoms with Crippen LogP contribution in [-0.4, -0.2) is 6.10 Å². The molecule has 0 spiro atoms. The van der Waals surface area contributed by atoms with Crippen LogP contribution in [0, 0.1) is 6.92 Å². The minimum absolute atomic E-state index is 0.163. The molecule has 15 heavy (non-hydrogen) atoms. The summed E-state index contributed by atoms with van der Waals surface area (Å²) in [5.74, 6) is 0.948. The summed E-state index contributed by atoms with van der Waals surface area (Å²) in [5.41, 5.74) is 0. The fourth-order valence-electron chi connectivity index (χ4n) is 1.57. The highest BCUT2D eigenvalue weighted by Gasteiger charge is 2.04. The lowest BCUT2D eigenvalue weighted by Crippen LogP contribution is -2.09. The molecule has 0 heterocycles. The zero-order chi connectivity index (χ0) is 10.7. The molecule has 1 atom stereocenters. The largest absolute Gasteiger partial charge is 0.490 e. The van der Waals surface area contributed by atoms with Crippen LogP contribution in [-0.2, 0) is 0 Å². The normalized spacial score (nSPS) is 12.7. The van der Waals surface area contributed by atoms with Crippen LogP contribution >= 0.6 is 0 Å². The quantitative estimate of drug-likeness (QED) is 0.730.